The number of rotatable bonds is 5. The van der Waals surface area contributed by atoms with Gasteiger partial charge in [-0.15, -0.1) is 11.3 Å². The van der Waals surface area contributed by atoms with E-state index < -0.39 is 10.7 Å². The van der Waals surface area contributed by atoms with Crippen LogP contribution < -0.4 is 4.90 Å². The Kier molecular flexibility index (Phi) is 5.05. The highest BCUT2D eigenvalue weighted by molar-refractivity contribution is 7.13. The Bertz CT molecular complexity index is 970. The van der Waals surface area contributed by atoms with E-state index in [4.69, 9.17) is 4.52 Å². The second kappa shape index (κ2) is 7.64. The van der Waals surface area contributed by atoms with Gasteiger partial charge in [-0.3, -0.25) is 15.0 Å². The SMILES string of the molecule is CC(c1nc(-c2cccs2)no1)N1CCN(c2ccc(F)cc2[N+](=O)[O-])CC1. The van der Waals surface area contributed by atoms with Gasteiger partial charge in [0.25, 0.3) is 5.69 Å². The van der Waals surface area contributed by atoms with Gasteiger partial charge in [-0.05, 0) is 30.5 Å². The number of nitro groups is 1. The van der Waals surface area contributed by atoms with Crippen molar-refractivity contribution in [1.82, 2.24) is 15.0 Å². The van der Waals surface area contributed by atoms with E-state index in [0.29, 0.717) is 43.6 Å². The number of thiophene rings is 1. The topological polar surface area (TPSA) is 88.5 Å². The lowest BCUT2D eigenvalue weighted by Gasteiger charge is -2.37. The summed E-state index contributed by atoms with van der Waals surface area (Å²) in [6, 6.07) is 7.51. The Morgan fingerprint density at radius 1 is 1.29 bits per heavy atom. The molecule has 1 unspecified atom stereocenters. The number of nitrogens with zero attached hydrogens (tertiary/aromatic N) is 5. The van der Waals surface area contributed by atoms with Crippen molar-refractivity contribution in [1.29, 1.82) is 0 Å². The quantitative estimate of drug-likeness (QED) is 0.474. The summed E-state index contributed by atoms with van der Waals surface area (Å²) in [5.74, 6) is 0.516. The lowest BCUT2D eigenvalue weighted by molar-refractivity contribution is -0.384. The van der Waals surface area contributed by atoms with Gasteiger partial charge >= 0.3 is 0 Å². The molecule has 28 heavy (non-hydrogen) atoms. The summed E-state index contributed by atoms with van der Waals surface area (Å²) in [5.41, 5.74) is 0.232. The molecule has 0 bridgehead atoms. The van der Waals surface area contributed by atoms with E-state index in [1.165, 1.54) is 12.1 Å². The number of hydrogen-bond acceptors (Lipinski definition) is 8. The van der Waals surface area contributed by atoms with Crippen LogP contribution >= 0.6 is 11.3 Å². The van der Waals surface area contributed by atoms with E-state index in [1.54, 1.807) is 11.3 Å². The molecule has 1 saturated heterocycles. The Hall–Kier alpha value is -2.85. The molecular formula is C18H18FN5O3S. The van der Waals surface area contributed by atoms with Crippen LogP contribution in [0, 0.1) is 15.9 Å². The van der Waals surface area contributed by atoms with Crippen LogP contribution in [0.25, 0.3) is 10.7 Å². The molecule has 1 atom stereocenters. The van der Waals surface area contributed by atoms with Crippen LogP contribution in [0.1, 0.15) is 18.9 Å². The Labute approximate surface area is 164 Å². The summed E-state index contributed by atoms with van der Waals surface area (Å²) < 4.78 is 18.8. The van der Waals surface area contributed by atoms with Crippen molar-refractivity contribution in [2.75, 3.05) is 31.1 Å². The van der Waals surface area contributed by atoms with Crippen LogP contribution in [0.3, 0.4) is 0 Å². The largest absolute Gasteiger partial charge is 0.363 e. The van der Waals surface area contributed by atoms with E-state index in [1.807, 2.05) is 29.3 Å². The highest BCUT2D eigenvalue weighted by Crippen LogP contribution is 2.31. The fourth-order valence-corrected chi connectivity index (χ4v) is 3.98. The van der Waals surface area contributed by atoms with Crippen LogP contribution in [0.15, 0.2) is 40.2 Å². The van der Waals surface area contributed by atoms with Crippen molar-refractivity contribution in [3.05, 3.63) is 57.5 Å². The number of anilines is 1. The molecule has 0 aliphatic carbocycles. The highest BCUT2D eigenvalue weighted by atomic mass is 32.1. The average molecular weight is 403 g/mol. The fourth-order valence-electron chi connectivity index (χ4n) is 3.33. The molecule has 10 heteroatoms. The molecule has 2 aromatic heterocycles. The first-order chi connectivity index (χ1) is 13.5. The molecular weight excluding hydrogens is 385 g/mol. The summed E-state index contributed by atoms with van der Waals surface area (Å²) in [5, 5.41) is 17.3. The standard InChI is InChI=1S/C18H18FN5O3S/c1-12(18-20-17(21-27-18)16-3-2-10-28-16)22-6-8-23(9-7-22)14-5-4-13(19)11-15(14)24(25)26/h2-5,10-12H,6-9H2,1H3. The zero-order valence-corrected chi connectivity index (χ0v) is 15.9. The molecule has 0 spiro atoms. The van der Waals surface area contributed by atoms with Crippen LogP contribution in [0.5, 0.6) is 0 Å². The van der Waals surface area contributed by atoms with Crippen LogP contribution in [-0.4, -0.2) is 46.1 Å². The molecule has 1 fully saturated rings. The molecule has 8 nitrogen and oxygen atoms in total. The number of halogens is 1. The molecule has 0 saturated carbocycles. The summed E-state index contributed by atoms with van der Waals surface area (Å²) in [7, 11) is 0. The van der Waals surface area contributed by atoms with Gasteiger partial charge in [-0.2, -0.15) is 4.98 Å². The molecule has 3 heterocycles. The second-order valence-corrected chi connectivity index (χ2v) is 7.47. The lowest BCUT2D eigenvalue weighted by Crippen LogP contribution is -2.47. The third kappa shape index (κ3) is 3.60. The van der Waals surface area contributed by atoms with Crippen molar-refractivity contribution in [2.24, 2.45) is 0 Å². The third-order valence-electron chi connectivity index (χ3n) is 4.88. The summed E-state index contributed by atoms with van der Waals surface area (Å²) in [6.45, 7) is 4.52. The maximum atomic E-state index is 13.4. The van der Waals surface area contributed by atoms with Gasteiger partial charge in [0, 0.05) is 26.2 Å². The van der Waals surface area contributed by atoms with E-state index in [0.717, 1.165) is 10.9 Å². The first-order valence-corrected chi connectivity index (χ1v) is 9.71. The zero-order chi connectivity index (χ0) is 19.7. The summed E-state index contributed by atoms with van der Waals surface area (Å²) >= 11 is 1.55. The molecule has 0 N–H and O–H groups in total. The van der Waals surface area contributed by atoms with E-state index in [2.05, 4.69) is 15.0 Å². The number of nitro benzene ring substituents is 1. The van der Waals surface area contributed by atoms with E-state index >= 15 is 0 Å². The molecule has 1 aliphatic rings. The number of hydrogen-bond donors (Lipinski definition) is 0. The van der Waals surface area contributed by atoms with E-state index in [9.17, 15) is 14.5 Å². The summed E-state index contributed by atoms with van der Waals surface area (Å²) in [6.07, 6.45) is 0. The number of piperazine rings is 1. The predicted octanol–water partition coefficient (Wildman–Crippen LogP) is 3.73. The Morgan fingerprint density at radius 3 is 2.75 bits per heavy atom. The van der Waals surface area contributed by atoms with Crippen LogP contribution in [0.4, 0.5) is 15.8 Å². The second-order valence-electron chi connectivity index (χ2n) is 6.52. The van der Waals surface area contributed by atoms with Gasteiger partial charge in [0.05, 0.1) is 21.9 Å². The lowest BCUT2D eigenvalue weighted by atomic mass is 10.2. The van der Waals surface area contributed by atoms with Gasteiger partial charge in [0.15, 0.2) is 0 Å². The number of benzene rings is 1. The Balaban J connectivity index is 1.44. The maximum absolute atomic E-state index is 13.4. The monoisotopic (exact) mass is 403 g/mol. The summed E-state index contributed by atoms with van der Waals surface area (Å²) in [4.78, 5) is 20.3. The molecule has 0 amide bonds. The number of aromatic nitrogens is 2. The first kappa shape index (κ1) is 18.5. The van der Waals surface area contributed by atoms with Gasteiger partial charge in [-0.1, -0.05) is 11.2 Å². The van der Waals surface area contributed by atoms with Crippen LogP contribution in [-0.2, 0) is 0 Å². The van der Waals surface area contributed by atoms with Crippen LogP contribution in [0.2, 0.25) is 0 Å². The predicted molar refractivity (Wildman–Crippen MR) is 103 cm³/mol. The van der Waals surface area contributed by atoms with Crippen molar-refractivity contribution in [2.45, 2.75) is 13.0 Å². The Morgan fingerprint density at radius 2 is 2.07 bits per heavy atom. The molecule has 1 aliphatic heterocycles. The minimum Gasteiger partial charge on any atom is -0.363 e. The molecule has 146 valence electrons. The fraction of sp³-hybridized carbons (Fsp3) is 0.333. The zero-order valence-electron chi connectivity index (χ0n) is 15.1. The van der Waals surface area contributed by atoms with E-state index in [-0.39, 0.29) is 11.7 Å². The van der Waals surface area contributed by atoms with Gasteiger partial charge < -0.3 is 9.42 Å². The smallest absolute Gasteiger partial charge is 0.295 e. The molecule has 0 radical (unpaired) electrons. The van der Waals surface area contributed by atoms with Crippen molar-refractivity contribution < 1.29 is 13.8 Å². The van der Waals surface area contributed by atoms with Crippen molar-refractivity contribution in [3.8, 4) is 10.7 Å². The normalized spacial score (nSPS) is 16.3. The average Bonchev–Trinajstić information content (AvgIpc) is 3.39. The highest BCUT2D eigenvalue weighted by Gasteiger charge is 2.29. The minimum absolute atomic E-state index is 0.0634. The minimum atomic E-state index is -0.611. The maximum Gasteiger partial charge on any atom is 0.295 e. The van der Waals surface area contributed by atoms with Gasteiger partial charge in [-0.25, -0.2) is 4.39 Å². The first-order valence-electron chi connectivity index (χ1n) is 8.83. The molecule has 4 rings (SSSR count). The van der Waals surface area contributed by atoms with Gasteiger partial charge in [0.1, 0.15) is 11.5 Å². The van der Waals surface area contributed by atoms with Crippen molar-refractivity contribution >= 4 is 22.7 Å². The van der Waals surface area contributed by atoms with Crippen molar-refractivity contribution in [3.63, 3.8) is 0 Å². The van der Waals surface area contributed by atoms with Gasteiger partial charge in [0.2, 0.25) is 11.7 Å². The molecule has 1 aromatic carbocycles. The molecule has 3 aromatic rings. The third-order valence-corrected chi connectivity index (χ3v) is 5.74.